The van der Waals surface area contributed by atoms with Gasteiger partial charge in [0.1, 0.15) is 11.8 Å². The largest absolute Gasteiger partial charge is 0.481 e. The molecule has 1 unspecified atom stereocenters. The zero-order valence-electron chi connectivity index (χ0n) is 12.6. The lowest BCUT2D eigenvalue weighted by Crippen LogP contribution is -2.31. The van der Waals surface area contributed by atoms with Crippen LogP contribution in [0.5, 0.6) is 0 Å². The number of rotatable bonds is 5. The number of allylic oxidation sites excluding steroid dienone is 2. The van der Waals surface area contributed by atoms with Gasteiger partial charge in [-0.2, -0.15) is 0 Å². The SMILES string of the molecule is COCN1C2=C(CCC(C(O)CC(=O)O)=C2)Sc2nccnc21. The maximum atomic E-state index is 10.8. The third-order valence-corrected chi connectivity index (χ3v) is 4.86. The summed E-state index contributed by atoms with van der Waals surface area (Å²) in [6.45, 7) is 0.309. The Hall–Kier alpha value is -1.90. The van der Waals surface area contributed by atoms with Crippen LogP contribution in [-0.4, -0.2) is 46.1 Å². The van der Waals surface area contributed by atoms with Crippen molar-refractivity contribution in [3.8, 4) is 0 Å². The van der Waals surface area contributed by atoms with Crippen molar-refractivity contribution in [1.82, 2.24) is 9.97 Å². The van der Waals surface area contributed by atoms with Gasteiger partial charge >= 0.3 is 5.97 Å². The second-order valence-corrected chi connectivity index (χ2v) is 6.36. The molecule has 7 nitrogen and oxygen atoms in total. The van der Waals surface area contributed by atoms with Gasteiger partial charge in [0.15, 0.2) is 5.82 Å². The summed E-state index contributed by atoms with van der Waals surface area (Å²) in [6.07, 6.45) is 5.25. The van der Waals surface area contributed by atoms with E-state index in [2.05, 4.69) is 9.97 Å². The van der Waals surface area contributed by atoms with E-state index in [1.807, 2.05) is 11.0 Å². The lowest BCUT2D eigenvalue weighted by Gasteiger charge is -2.34. The molecule has 0 spiro atoms. The first kappa shape index (κ1) is 16.0. The van der Waals surface area contributed by atoms with Gasteiger partial charge in [-0.15, -0.1) is 0 Å². The first-order chi connectivity index (χ1) is 11.1. The zero-order valence-corrected chi connectivity index (χ0v) is 13.4. The highest BCUT2D eigenvalue weighted by atomic mass is 32.2. The minimum atomic E-state index is -1.01. The Morgan fingerprint density at radius 2 is 2.22 bits per heavy atom. The van der Waals surface area contributed by atoms with Crippen LogP contribution in [0.3, 0.4) is 0 Å². The normalized spacial score (nSPS) is 18.2. The molecule has 1 aromatic heterocycles. The molecule has 2 aliphatic rings. The molecule has 0 amide bonds. The molecule has 2 heterocycles. The highest BCUT2D eigenvalue weighted by molar-refractivity contribution is 8.03. The molecule has 1 aromatic rings. The number of hydrogen-bond donors (Lipinski definition) is 2. The van der Waals surface area contributed by atoms with Crippen LogP contribution in [0, 0.1) is 0 Å². The molecule has 1 aliphatic heterocycles. The van der Waals surface area contributed by atoms with Crippen molar-refractivity contribution in [2.24, 2.45) is 0 Å². The molecule has 1 aliphatic carbocycles. The van der Waals surface area contributed by atoms with Crippen molar-refractivity contribution in [3.63, 3.8) is 0 Å². The van der Waals surface area contributed by atoms with E-state index in [1.54, 1.807) is 31.3 Å². The number of aliphatic carboxylic acids is 1. The molecule has 2 N–H and O–H groups in total. The fourth-order valence-electron chi connectivity index (χ4n) is 2.67. The topological polar surface area (TPSA) is 95.8 Å². The summed E-state index contributed by atoms with van der Waals surface area (Å²) in [6, 6.07) is 0. The van der Waals surface area contributed by atoms with E-state index in [1.165, 1.54) is 0 Å². The van der Waals surface area contributed by atoms with Crippen LogP contribution in [0.25, 0.3) is 0 Å². The van der Waals surface area contributed by atoms with Crippen LogP contribution in [-0.2, 0) is 9.53 Å². The number of carboxylic acids is 1. The van der Waals surface area contributed by atoms with Crippen LogP contribution < -0.4 is 4.90 Å². The molecule has 8 heteroatoms. The van der Waals surface area contributed by atoms with E-state index in [-0.39, 0.29) is 6.42 Å². The van der Waals surface area contributed by atoms with Gasteiger partial charge < -0.3 is 14.9 Å². The number of anilines is 1. The number of ether oxygens (including phenoxy) is 1. The number of carboxylic acid groups (broad SMARTS) is 1. The van der Waals surface area contributed by atoms with E-state index in [0.29, 0.717) is 19.0 Å². The fraction of sp³-hybridized carbons (Fsp3) is 0.400. The highest BCUT2D eigenvalue weighted by Crippen LogP contribution is 2.46. The molecule has 0 bridgehead atoms. The Morgan fingerprint density at radius 1 is 1.43 bits per heavy atom. The van der Waals surface area contributed by atoms with Gasteiger partial charge in [-0.05, 0) is 24.5 Å². The highest BCUT2D eigenvalue weighted by Gasteiger charge is 2.30. The number of carbonyl (C=O) groups is 1. The average Bonchev–Trinajstić information content (AvgIpc) is 2.53. The van der Waals surface area contributed by atoms with E-state index >= 15 is 0 Å². The summed E-state index contributed by atoms with van der Waals surface area (Å²) in [5.74, 6) is -0.301. The van der Waals surface area contributed by atoms with Gasteiger partial charge in [-0.25, -0.2) is 9.97 Å². The van der Waals surface area contributed by atoms with Crippen LogP contribution in [0.4, 0.5) is 5.82 Å². The molecular formula is C15H17N3O4S. The summed E-state index contributed by atoms with van der Waals surface area (Å²) in [4.78, 5) is 22.6. The van der Waals surface area contributed by atoms with Crippen molar-refractivity contribution in [1.29, 1.82) is 0 Å². The molecule has 0 saturated heterocycles. The van der Waals surface area contributed by atoms with Gasteiger partial charge in [0.2, 0.25) is 0 Å². The Balaban J connectivity index is 1.95. The molecule has 122 valence electrons. The number of fused-ring (bicyclic) bond motifs is 1. The van der Waals surface area contributed by atoms with Gasteiger partial charge in [0.05, 0.1) is 18.2 Å². The lowest BCUT2D eigenvalue weighted by molar-refractivity contribution is -0.138. The maximum Gasteiger partial charge on any atom is 0.306 e. The first-order valence-corrected chi connectivity index (χ1v) is 8.00. The van der Waals surface area contributed by atoms with Gasteiger partial charge in [0, 0.05) is 24.4 Å². The number of thioether (sulfide) groups is 1. The second kappa shape index (κ2) is 6.69. The van der Waals surface area contributed by atoms with Crippen molar-refractivity contribution in [2.75, 3.05) is 18.7 Å². The van der Waals surface area contributed by atoms with Crippen molar-refractivity contribution >= 4 is 23.5 Å². The summed E-state index contributed by atoms with van der Waals surface area (Å²) >= 11 is 1.56. The molecule has 0 radical (unpaired) electrons. The Labute approximate surface area is 137 Å². The van der Waals surface area contributed by atoms with Crippen LogP contribution in [0.15, 0.2) is 39.7 Å². The average molecular weight is 335 g/mol. The Morgan fingerprint density at radius 3 is 2.96 bits per heavy atom. The summed E-state index contributed by atoms with van der Waals surface area (Å²) in [7, 11) is 1.60. The molecule has 23 heavy (non-hydrogen) atoms. The number of aliphatic hydroxyl groups excluding tert-OH is 1. The van der Waals surface area contributed by atoms with Crippen molar-refractivity contribution in [2.45, 2.75) is 30.4 Å². The third kappa shape index (κ3) is 3.24. The first-order valence-electron chi connectivity index (χ1n) is 7.19. The molecule has 0 aromatic carbocycles. The van der Waals surface area contributed by atoms with E-state index in [9.17, 15) is 9.90 Å². The standard InChI is InChI=1S/C15H17N3O4S/c1-22-8-18-10-6-9(11(19)7-13(20)21)2-3-12(10)23-15-14(18)16-4-5-17-15/h4-6,11,19H,2-3,7-8H2,1H3,(H,20,21). The lowest BCUT2D eigenvalue weighted by atomic mass is 9.95. The predicted molar refractivity (Wildman–Crippen MR) is 84.8 cm³/mol. The monoisotopic (exact) mass is 335 g/mol. The summed E-state index contributed by atoms with van der Waals surface area (Å²) in [5, 5.41) is 19.8. The molecule has 1 atom stereocenters. The Bertz CT molecular complexity index is 689. The molecule has 0 saturated carbocycles. The number of methoxy groups -OCH3 is 1. The number of aliphatic hydroxyl groups is 1. The zero-order chi connectivity index (χ0) is 16.4. The number of aromatic nitrogens is 2. The number of nitrogens with zero attached hydrogens (tertiary/aromatic N) is 3. The van der Waals surface area contributed by atoms with E-state index in [0.717, 1.165) is 27.6 Å². The maximum absolute atomic E-state index is 10.8. The van der Waals surface area contributed by atoms with Gasteiger partial charge in [0.25, 0.3) is 0 Å². The summed E-state index contributed by atoms with van der Waals surface area (Å²) in [5.41, 5.74) is 1.62. The van der Waals surface area contributed by atoms with Crippen LogP contribution >= 0.6 is 11.8 Å². The minimum Gasteiger partial charge on any atom is -0.481 e. The Kier molecular flexibility index (Phi) is 4.65. The molecule has 3 rings (SSSR count). The van der Waals surface area contributed by atoms with Gasteiger partial charge in [-0.1, -0.05) is 11.8 Å². The van der Waals surface area contributed by atoms with E-state index in [4.69, 9.17) is 9.84 Å². The second-order valence-electron chi connectivity index (χ2n) is 5.27. The van der Waals surface area contributed by atoms with Crippen molar-refractivity contribution < 1.29 is 19.7 Å². The predicted octanol–water partition coefficient (Wildman–Crippen LogP) is 1.76. The van der Waals surface area contributed by atoms with E-state index < -0.39 is 12.1 Å². The number of hydrogen-bond acceptors (Lipinski definition) is 7. The fourth-order valence-corrected chi connectivity index (χ4v) is 3.75. The van der Waals surface area contributed by atoms with Crippen LogP contribution in [0.1, 0.15) is 19.3 Å². The third-order valence-electron chi connectivity index (χ3n) is 3.72. The minimum absolute atomic E-state index is 0.289. The molecule has 0 fully saturated rings. The van der Waals surface area contributed by atoms with Crippen molar-refractivity contribution in [3.05, 3.63) is 34.6 Å². The molecular weight excluding hydrogens is 318 g/mol. The van der Waals surface area contributed by atoms with Crippen LogP contribution in [0.2, 0.25) is 0 Å². The smallest absolute Gasteiger partial charge is 0.306 e. The quantitative estimate of drug-likeness (QED) is 0.840. The van der Waals surface area contributed by atoms with Gasteiger partial charge in [-0.3, -0.25) is 9.69 Å². The summed E-state index contributed by atoms with van der Waals surface area (Å²) < 4.78 is 5.28.